The fourth-order valence-corrected chi connectivity index (χ4v) is 0.365. The first kappa shape index (κ1) is 12.8. The van der Waals surface area contributed by atoms with Crippen LogP contribution >= 0.6 is 0 Å². The van der Waals surface area contributed by atoms with Gasteiger partial charge in [0.15, 0.2) is 0 Å². The van der Waals surface area contributed by atoms with Gasteiger partial charge in [-0.2, -0.15) is 0 Å². The first-order valence-corrected chi connectivity index (χ1v) is 3.22. The number of rotatable bonds is 1. The molecule has 0 aliphatic carbocycles. The minimum Gasteiger partial charge on any atom is -0.457 e. The number of hydrogen-bond donors (Lipinski definition) is 0. The van der Waals surface area contributed by atoms with Gasteiger partial charge in [-0.1, -0.05) is 14.0 Å². The normalized spacial score (nSPS) is 9.82. The molecule has 2 heteroatoms. The lowest BCUT2D eigenvalue weighted by atomic mass is 10.2. The van der Waals surface area contributed by atoms with E-state index in [9.17, 15) is 4.79 Å². The zero-order valence-electron chi connectivity index (χ0n) is 8.02. The molecule has 0 heterocycles. The van der Waals surface area contributed by atoms with Crippen molar-refractivity contribution in [2.75, 3.05) is 0 Å². The van der Waals surface area contributed by atoms with E-state index >= 15 is 0 Å². The second-order valence-electron chi connectivity index (χ2n) is 3.28. The molecule has 0 fully saturated rings. The molecule has 0 unspecified atom stereocenters. The highest BCUT2D eigenvalue weighted by Crippen LogP contribution is 2.09. The number of carbonyl (C=O) groups is 1. The third-order valence-corrected chi connectivity index (χ3v) is 0.747. The summed E-state index contributed by atoms with van der Waals surface area (Å²) in [7, 11) is 0. The van der Waals surface area contributed by atoms with Crippen molar-refractivity contribution < 1.29 is 9.53 Å². The molecule has 0 aromatic carbocycles. The first-order chi connectivity index (χ1) is 4.33. The fourth-order valence-electron chi connectivity index (χ4n) is 0.365. The zero-order chi connectivity index (χ0) is 8.36. The van der Waals surface area contributed by atoms with Crippen molar-refractivity contribution >= 4 is 5.97 Å². The Labute approximate surface area is 69.3 Å². The van der Waals surface area contributed by atoms with Crippen molar-refractivity contribution in [3.05, 3.63) is 19.6 Å². The first-order valence-electron chi connectivity index (χ1n) is 3.22. The lowest BCUT2D eigenvalue weighted by Gasteiger charge is -2.19. The Morgan fingerprint density at radius 2 is 1.73 bits per heavy atom. The number of carbonyl (C=O) groups excluding carboxylic acids is 1. The van der Waals surface area contributed by atoms with Gasteiger partial charge in [0.1, 0.15) is 5.60 Å². The van der Waals surface area contributed by atoms with Gasteiger partial charge in [-0.25, -0.2) is 4.79 Å². The van der Waals surface area contributed by atoms with Crippen LogP contribution in [0, 0.1) is 7.43 Å². The highest BCUT2D eigenvalue weighted by atomic mass is 16.6. The van der Waals surface area contributed by atoms with E-state index in [2.05, 4.69) is 6.58 Å². The molecule has 2 nitrogen and oxygen atoms in total. The Morgan fingerprint density at radius 1 is 1.36 bits per heavy atom. The lowest BCUT2D eigenvalue weighted by Crippen LogP contribution is -2.23. The van der Waals surface area contributed by atoms with Crippen LogP contribution in [0.4, 0.5) is 0 Å². The van der Waals surface area contributed by atoms with Crippen LogP contribution in [0.25, 0.3) is 0 Å². The molecule has 0 saturated heterocycles. The van der Waals surface area contributed by atoms with E-state index in [0.29, 0.717) is 5.57 Å². The molecule has 1 radical (unpaired) electrons. The maximum atomic E-state index is 10.8. The van der Waals surface area contributed by atoms with E-state index in [0.717, 1.165) is 0 Å². The van der Waals surface area contributed by atoms with Crippen LogP contribution < -0.4 is 0 Å². The molecule has 0 bridgehead atoms. The topological polar surface area (TPSA) is 26.3 Å². The van der Waals surface area contributed by atoms with E-state index in [1.807, 2.05) is 20.8 Å². The van der Waals surface area contributed by atoms with E-state index in [-0.39, 0.29) is 13.4 Å². The summed E-state index contributed by atoms with van der Waals surface area (Å²) >= 11 is 0. The standard InChI is InChI=1S/C8H14O2.CH3/c1-6(2)7(9)10-8(3,4)5;/h1H2,2-5H3;1H3. The van der Waals surface area contributed by atoms with Gasteiger partial charge in [0.2, 0.25) is 0 Å². The van der Waals surface area contributed by atoms with Crippen LogP contribution in [0.5, 0.6) is 0 Å². The molecular formula is C9H17O2. The summed E-state index contributed by atoms with van der Waals surface area (Å²) in [6.07, 6.45) is 0. The van der Waals surface area contributed by atoms with E-state index in [1.165, 1.54) is 0 Å². The summed E-state index contributed by atoms with van der Waals surface area (Å²) in [5.74, 6) is -0.326. The molecule has 65 valence electrons. The van der Waals surface area contributed by atoms with Crippen molar-refractivity contribution in [3.63, 3.8) is 0 Å². The Balaban J connectivity index is 0. The van der Waals surface area contributed by atoms with Gasteiger partial charge in [-0.05, 0) is 27.7 Å². The van der Waals surface area contributed by atoms with Gasteiger partial charge in [0, 0.05) is 5.57 Å². The molecule has 0 aromatic heterocycles. The highest BCUT2D eigenvalue weighted by molar-refractivity contribution is 5.87. The van der Waals surface area contributed by atoms with E-state index in [4.69, 9.17) is 4.74 Å². The molecule has 0 aromatic rings. The van der Waals surface area contributed by atoms with Gasteiger partial charge < -0.3 is 4.74 Å². The van der Waals surface area contributed by atoms with Gasteiger partial charge in [0.05, 0.1) is 0 Å². The van der Waals surface area contributed by atoms with Crippen molar-refractivity contribution in [1.82, 2.24) is 0 Å². The summed E-state index contributed by atoms with van der Waals surface area (Å²) in [6.45, 7) is 10.6. The van der Waals surface area contributed by atoms with Gasteiger partial charge in [-0.3, -0.25) is 0 Å². The number of hydrogen-bond acceptors (Lipinski definition) is 2. The highest BCUT2D eigenvalue weighted by Gasteiger charge is 2.15. The van der Waals surface area contributed by atoms with Crippen molar-refractivity contribution in [3.8, 4) is 0 Å². The Morgan fingerprint density at radius 3 is 1.82 bits per heavy atom. The summed E-state index contributed by atoms with van der Waals surface area (Å²) in [5, 5.41) is 0. The monoisotopic (exact) mass is 157 g/mol. The summed E-state index contributed by atoms with van der Waals surface area (Å²) < 4.78 is 4.96. The predicted molar refractivity (Wildman–Crippen MR) is 47.1 cm³/mol. The fraction of sp³-hybridized carbons (Fsp3) is 0.556. The zero-order valence-corrected chi connectivity index (χ0v) is 8.02. The Hall–Kier alpha value is -0.790. The minimum atomic E-state index is -0.407. The van der Waals surface area contributed by atoms with Crippen LogP contribution in [0.1, 0.15) is 27.7 Å². The SMILES string of the molecule is C=C(C)C(=O)OC(C)(C)C.[CH3]. The van der Waals surface area contributed by atoms with Crippen LogP contribution in [-0.4, -0.2) is 11.6 Å². The molecule has 0 aliphatic heterocycles. The molecule has 0 saturated carbocycles. The largest absolute Gasteiger partial charge is 0.457 e. The van der Waals surface area contributed by atoms with Crippen molar-refractivity contribution in [1.29, 1.82) is 0 Å². The quantitative estimate of drug-likeness (QED) is 0.431. The third kappa shape index (κ3) is 7.10. The maximum absolute atomic E-state index is 10.8. The second-order valence-corrected chi connectivity index (χ2v) is 3.28. The van der Waals surface area contributed by atoms with Crippen molar-refractivity contribution in [2.45, 2.75) is 33.3 Å². The van der Waals surface area contributed by atoms with E-state index in [1.54, 1.807) is 6.92 Å². The van der Waals surface area contributed by atoms with Crippen LogP contribution in [0.2, 0.25) is 0 Å². The minimum absolute atomic E-state index is 0. The Bertz CT molecular complexity index is 151. The van der Waals surface area contributed by atoms with E-state index < -0.39 is 5.60 Å². The number of ether oxygens (including phenoxy) is 1. The molecule has 11 heavy (non-hydrogen) atoms. The molecule has 0 N–H and O–H groups in total. The number of esters is 1. The second kappa shape index (κ2) is 4.16. The average molecular weight is 157 g/mol. The van der Waals surface area contributed by atoms with Crippen LogP contribution in [0.3, 0.4) is 0 Å². The predicted octanol–water partition coefficient (Wildman–Crippen LogP) is 2.35. The van der Waals surface area contributed by atoms with Crippen LogP contribution in [0.15, 0.2) is 12.2 Å². The summed E-state index contributed by atoms with van der Waals surface area (Å²) in [5.41, 5.74) is 0.0330. The molecule has 0 rings (SSSR count). The Kier molecular flexibility index (Phi) is 4.86. The summed E-state index contributed by atoms with van der Waals surface area (Å²) in [4.78, 5) is 10.8. The third-order valence-electron chi connectivity index (χ3n) is 0.747. The summed E-state index contributed by atoms with van der Waals surface area (Å²) in [6, 6.07) is 0. The molecule has 0 aliphatic rings. The molecule has 0 spiro atoms. The van der Waals surface area contributed by atoms with Gasteiger partial charge in [0.25, 0.3) is 0 Å². The average Bonchev–Trinajstić information content (AvgIpc) is 1.60. The lowest BCUT2D eigenvalue weighted by molar-refractivity contribution is -0.149. The maximum Gasteiger partial charge on any atom is 0.333 e. The molecular weight excluding hydrogens is 140 g/mol. The van der Waals surface area contributed by atoms with Gasteiger partial charge in [-0.15, -0.1) is 0 Å². The van der Waals surface area contributed by atoms with Crippen LogP contribution in [-0.2, 0) is 9.53 Å². The molecule has 0 amide bonds. The van der Waals surface area contributed by atoms with Crippen molar-refractivity contribution in [2.24, 2.45) is 0 Å². The smallest absolute Gasteiger partial charge is 0.333 e. The van der Waals surface area contributed by atoms with Gasteiger partial charge >= 0.3 is 5.97 Å². The molecule has 0 atom stereocenters.